The maximum Gasteiger partial charge on any atom is 0.114 e. The van der Waals surface area contributed by atoms with Crippen LogP contribution in [0.5, 0.6) is 0 Å². The number of aliphatic hydroxyl groups excluding tert-OH is 4. The maximum atomic E-state index is 9.68. The van der Waals surface area contributed by atoms with Crippen LogP contribution >= 0.6 is 0 Å². The minimum absolute atomic E-state index is 0.467. The molecule has 6 nitrogen and oxygen atoms in total. The zero-order valence-corrected chi connectivity index (χ0v) is 7.74. The molecule has 0 aliphatic rings. The summed E-state index contributed by atoms with van der Waals surface area (Å²) in [5.41, 5.74) is 0. The van der Waals surface area contributed by atoms with Gasteiger partial charge in [-0.15, -0.1) is 0 Å². The Morgan fingerprint density at radius 2 is 1.79 bits per heavy atom. The number of aliphatic hydroxyl groups is 4. The lowest BCUT2D eigenvalue weighted by atomic mass is 10.0. The monoisotopic (exact) mass is 212 g/mol. The van der Waals surface area contributed by atoms with Gasteiger partial charge in [-0.05, 0) is 0 Å². The van der Waals surface area contributed by atoms with E-state index in [-0.39, 0.29) is 0 Å². The Balaban J connectivity index is 4.49. The van der Waals surface area contributed by atoms with E-state index < -0.39 is 51.8 Å². The molecule has 0 fully saturated rings. The highest BCUT2D eigenvalue weighted by atomic mass is 16.5. The maximum absolute atomic E-state index is 9.68. The van der Waals surface area contributed by atoms with Gasteiger partial charge in [0.15, 0.2) is 0 Å². The second-order valence-electron chi connectivity index (χ2n) is 2.76. The van der Waals surface area contributed by atoms with Gasteiger partial charge in [0.05, 0.1) is 16.0 Å². The molecular formula is C8H18O6. The number of hydrogen-bond acceptors (Lipinski definition) is 6. The zero-order chi connectivity index (χ0) is 12.6. The van der Waals surface area contributed by atoms with E-state index in [9.17, 15) is 10.2 Å². The fraction of sp³-hybridized carbons (Fsp3) is 1.00. The average Bonchev–Trinajstić information content (AvgIpc) is 2.31. The molecule has 0 radical (unpaired) electrons. The van der Waals surface area contributed by atoms with E-state index in [1.165, 1.54) is 0 Å². The van der Waals surface area contributed by atoms with Crippen LogP contribution in [0.4, 0.5) is 0 Å². The van der Waals surface area contributed by atoms with Crippen LogP contribution in [-0.2, 0) is 9.47 Å². The third-order valence-electron chi connectivity index (χ3n) is 1.87. The minimum atomic E-state index is -1.43. The Labute approximate surface area is 85.5 Å². The molecule has 0 heterocycles. The van der Waals surface area contributed by atoms with Crippen LogP contribution in [-0.4, -0.2) is 72.2 Å². The first-order chi connectivity index (χ1) is 7.62. The summed E-state index contributed by atoms with van der Waals surface area (Å²) in [4.78, 5) is 0. The summed E-state index contributed by atoms with van der Waals surface area (Å²) in [7, 11) is -0.983. The molecule has 4 N–H and O–H groups in total. The Bertz CT molecular complexity index is 173. The van der Waals surface area contributed by atoms with Crippen molar-refractivity contribution >= 4 is 0 Å². The summed E-state index contributed by atoms with van der Waals surface area (Å²) in [6.45, 7) is -1.21. The lowest BCUT2D eigenvalue weighted by Crippen LogP contribution is -2.48. The summed E-state index contributed by atoms with van der Waals surface area (Å²) in [6.07, 6.45) is -5.16. The normalized spacial score (nSPS) is 22.0. The van der Waals surface area contributed by atoms with Crippen LogP contribution in [0.1, 0.15) is 2.74 Å². The highest BCUT2D eigenvalue weighted by Crippen LogP contribution is 2.10. The van der Waals surface area contributed by atoms with Crippen LogP contribution in [0, 0.1) is 0 Å². The van der Waals surface area contributed by atoms with Gasteiger partial charge in [-0.3, -0.25) is 0 Å². The second kappa shape index (κ2) is 7.10. The Kier molecular flexibility index (Phi) is 5.22. The minimum Gasteiger partial charge on any atom is -0.394 e. The Morgan fingerprint density at radius 3 is 2.21 bits per heavy atom. The van der Waals surface area contributed by atoms with Crippen molar-refractivity contribution in [3.63, 3.8) is 0 Å². The van der Waals surface area contributed by atoms with Crippen molar-refractivity contribution in [1.82, 2.24) is 0 Å². The quantitative estimate of drug-likeness (QED) is 0.379. The summed E-state index contributed by atoms with van der Waals surface area (Å²) < 4.78 is 23.1. The fourth-order valence-corrected chi connectivity index (χ4v) is 1.01. The topological polar surface area (TPSA) is 99.4 Å². The Hall–Kier alpha value is -0.240. The van der Waals surface area contributed by atoms with Gasteiger partial charge in [-0.25, -0.2) is 0 Å². The van der Waals surface area contributed by atoms with Crippen molar-refractivity contribution in [2.24, 2.45) is 0 Å². The molecule has 0 unspecified atom stereocenters. The fourth-order valence-electron chi connectivity index (χ4n) is 1.01. The number of hydrogen-bond donors (Lipinski definition) is 4. The summed E-state index contributed by atoms with van der Waals surface area (Å²) in [5.74, 6) is 0. The van der Waals surface area contributed by atoms with Gasteiger partial charge in [0.25, 0.3) is 0 Å². The van der Waals surface area contributed by atoms with Gasteiger partial charge in [0.2, 0.25) is 0 Å². The van der Waals surface area contributed by atoms with Crippen molar-refractivity contribution in [3.05, 3.63) is 0 Å². The Morgan fingerprint density at radius 1 is 1.14 bits per heavy atom. The summed E-state index contributed by atoms with van der Waals surface area (Å²) in [6, 6.07) is 0. The smallest absolute Gasteiger partial charge is 0.114 e. The van der Waals surface area contributed by atoms with Crippen LogP contribution in [0.3, 0.4) is 0 Å². The SMILES string of the molecule is [2H]CO[C@@H]([C@H](O)[C@@H](CO)OC[2H])[C@H](O)CO. The van der Waals surface area contributed by atoms with Gasteiger partial charge in [-0.1, -0.05) is 0 Å². The third-order valence-corrected chi connectivity index (χ3v) is 1.87. The van der Waals surface area contributed by atoms with E-state index in [2.05, 4.69) is 0 Å². The molecule has 0 aliphatic carbocycles. The van der Waals surface area contributed by atoms with E-state index in [1.54, 1.807) is 0 Å². The lowest BCUT2D eigenvalue weighted by Gasteiger charge is -2.29. The van der Waals surface area contributed by atoms with Gasteiger partial charge >= 0.3 is 0 Å². The van der Waals surface area contributed by atoms with Crippen molar-refractivity contribution in [2.75, 3.05) is 27.4 Å². The zero-order valence-electron chi connectivity index (χ0n) is 9.74. The molecule has 0 saturated heterocycles. The van der Waals surface area contributed by atoms with Gasteiger partial charge in [0, 0.05) is 14.2 Å². The largest absolute Gasteiger partial charge is 0.394 e. The van der Waals surface area contributed by atoms with E-state index in [0.29, 0.717) is 0 Å². The lowest BCUT2D eigenvalue weighted by molar-refractivity contribution is -0.144. The summed E-state index contributed by atoms with van der Waals surface area (Å²) in [5, 5.41) is 36.6. The number of ether oxygens (including phenoxy) is 2. The van der Waals surface area contributed by atoms with E-state index in [4.69, 9.17) is 22.4 Å². The molecule has 0 aromatic carbocycles. The molecule has 4 atom stereocenters. The van der Waals surface area contributed by atoms with Crippen LogP contribution in [0.2, 0.25) is 0 Å². The standard InChI is InChI=1S/C8H18O6/c1-13-6(4-10)7(12)8(14-2)5(11)3-9/h5-12H,3-4H2,1-2H3/t5-,6-,7-,8-/m1/s1/i1D,2D. The first-order valence-electron chi connectivity index (χ1n) is 5.43. The molecule has 0 saturated carbocycles. The molecule has 6 heteroatoms. The second-order valence-corrected chi connectivity index (χ2v) is 2.76. The highest BCUT2D eigenvalue weighted by Gasteiger charge is 2.32. The first kappa shape index (κ1) is 10.3. The van der Waals surface area contributed by atoms with Crippen molar-refractivity contribution < 1.29 is 32.6 Å². The molecule has 0 aromatic rings. The van der Waals surface area contributed by atoms with Crippen molar-refractivity contribution in [2.45, 2.75) is 24.4 Å². The molecule has 14 heavy (non-hydrogen) atoms. The van der Waals surface area contributed by atoms with Crippen molar-refractivity contribution in [1.29, 1.82) is 0 Å². The molecule has 86 valence electrons. The average molecular weight is 212 g/mol. The molecular weight excluding hydrogens is 192 g/mol. The third kappa shape index (κ3) is 3.49. The van der Waals surface area contributed by atoms with Crippen molar-refractivity contribution in [3.8, 4) is 0 Å². The van der Waals surface area contributed by atoms with Gasteiger partial charge < -0.3 is 29.9 Å². The molecule has 0 amide bonds. The van der Waals surface area contributed by atoms with Crippen LogP contribution in [0.25, 0.3) is 0 Å². The predicted molar refractivity (Wildman–Crippen MR) is 47.8 cm³/mol. The van der Waals surface area contributed by atoms with E-state index >= 15 is 0 Å². The predicted octanol–water partition coefficient (Wildman–Crippen LogP) is -2.28. The number of rotatable bonds is 7. The van der Waals surface area contributed by atoms with Crippen LogP contribution in [0.15, 0.2) is 0 Å². The number of methoxy groups -OCH3 is 2. The summed E-state index contributed by atoms with van der Waals surface area (Å²) >= 11 is 0. The molecule has 0 aromatic heterocycles. The van der Waals surface area contributed by atoms with Crippen LogP contribution < -0.4 is 0 Å². The molecule has 0 rings (SSSR count). The molecule has 0 aliphatic heterocycles. The first-order valence-corrected chi connectivity index (χ1v) is 4.01. The van der Waals surface area contributed by atoms with E-state index in [0.717, 1.165) is 0 Å². The molecule has 0 spiro atoms. The van der Waals surface area contributed by atoms with E-state index in [1.807, 2.05) is 0 Å². The van der Waals surface area contributed by atoms with Gasteiger partial charge in [0.1, 0.15) is 24.4 Å². The molecule has 0 bridgehead atoms. The van der Waals surface area contributed by atoms with Gasteiger partial charge in [-0.2, -0.15) is 0 Å². The highest BCUT2D eigenvalue weighted by molar-refractivity contribution is 4.82.